The minimum Gasteiger partial charge on any atom is -0.497 e. The van der Waals surface area contributed by atoms with Crippen LogP contribution in [0.25, 0.3) is 22.3 Å². The maximum Gasteiger partial charge on any atom is 0.259 e. The third kappa shape index (κ3) is 7.02. The second kappa shape index (κ2) is 13.7. The second-order valence-corrected chi connectivity index (χ2v) is 16.9. The summed E-state index contributed by atoms with van der Waals surface area (Å²) in [5, 5.41) is 11.5. The van der Waals surface area contributed by atoms with Gasteiger partial charge in [0.1, 0.15) is 40.9 Å². The lowest BCUT2D eigenvalue weighted by Gasteiger charge is -2.28. The Morgan fingerprint density at radius 1 is 1.15 bits per heavy atom. The Morgan fingerprint density at radius 3 is 2.60 bits per heavy atom. The van der Waals surface area contributed by atoms with E-state index in [0.29, 0.717) is 46.6 Å². The average Bonchev–Trinajstić information content (AvgIpc) is 3.93. The Morgan fingerprint density at radius 2 is 1.94 bits per heavy atom. The molecule has 2 aliphatic heterocycles. The number of aromatic nitrogens is 2. The fraction of sp³-hybridized carbons (Fsp3) is 0.486. The Bertz CT molecular complexity index is 2070. The molecule has 4 N–H and O–H groups in total. The van der Waals surface area contributed by atoms with Crippen molar-refractivity contribution in [2.45, 2.75) is 87.4 Å². The number of benzene rings is 1. The van der Waals surface area contributed by atoms with Crippen molar-refractivity contribution in [3.63, 3.8) is 0 Å². The first-order chi connectivity index (χ1) is 24.8. The second-order valence-electron chi connectivity index (χ2n) is 14.0. The van der Waals surface area contributed by atoms with E-state index < -0.39 is 62.6 Å². The van der Waals surface area contributed by atoms with E-state index in [-0.39, 0.29) is 44.2 Å². The lowest BCUT2D eigenvalue weighted by Crippen LogP contribution is -2.57. The smallest absolute Gasteiger partial charge is 0.259 e. The molecular formula is C35H41N7O8S2. The first-order valence-electron chi connectivity index (χ1n) is 17.3. The summed E-state index contributed by atoms with van der Waals surface area (Å²) in [5.41, 5.74) is 0.248. The molecule has 52 heavy (non-hydrogen) atoms. The van der Waals surface area contributed by atoms with E-state index >= 15 is 0 Å². The van der Waals surface area contributed by atoms with Crippen molar-refractivity contribution in [3.8, 4) is 22.9 Å². The van der Waals surface area contributed by atoms with E-state index in [1.807, 2.05) is 25.3 Å². The fourth-order valence-corrected chi connectivity index (χ4v) is 9.03. The number of nitrogens with one attached hydrogen (secondary N) is 4. The number of hydrogen-bond acceptors (Lipinski definition) is 12. The number of carbonyl (C=O) groups is 4. The van der Waals surface area contributed by atoms with Gasteiger partial charge in [-0.1, -0.05) is 6.08 Å². The average molecular weight is 752 g/mol. The van der Waals surface area contributed by atoms with Crippen LogP contribution in [0.1, 0.15) is 52.4 Å². The maximum absolute atomic E-state index is 14.1. The first-order valence-corrected chi connectivity index (χ1v) is 19.7. The van der Waals surface area contributed by atoms with Crippen molar-refractivity contribution in [2.24, 2.45) is 5.92 Å². The summed E-state index contributed by atoms with van der Waals surface area (Å²) in [6.45, 7) is 7.82. The summed E-state index contributed by atoms with van der Waals surface area (Å²) in [4.78, 5) is 64.4. The highest BCUT2D eigenvalue weighted by atomic mass is 32.2. The molecular weight excluding hydrogens is 711 g/mol. The van der Waals surface area contributed by atoms with Crippen LogP contribution >= 0.6 is 11.3 Å². The molecule has 0 bridgehead atoms. The molecule has 4 aliphatic rings. The third-order valence-corrected chi connectivity index (χ3v) is 12.4. The molecule has 0 spiro atoms. The Hall–Kier alpha value is -4.77. The zero-order valence-electron chi connectivity index (χ0n) is 29.0. The minimum atomic E-state index is -3.88. The number of methoxy groups -OCH3 is 1. The molecule has 17 heteroatoms. The van der Waals surface area contributed by atoms with Gasteiger partial charge in [-0.05, 0) is 51.7 Å². The number of thiazole rings is 1. The van der Waals surface area contributed by atoms with E-state index in [9.17, 15) is 27.6 Å². The third-order valence-electron chi connectivity index (χ3n) is 9.84. The molecule has 15 nitrogen and oxygen atoms in total. The molecule has 0 radical (unpaired) electrons. The molecule has 7 rings (SSSR count). The molecule has 4 heterocycles. The van der Waals surface area contributed by atoms with Crippen LogP contribution in [-0.2, 0) is 29.2 Å². The van der Waals surface area contributed by atoms with Crippen LogP contribution < -0.4 is 30.1 Å². The van der Waals surface area contributed by atoms with Crippen molar-refractivity contribution < 1.29 is 37.1 Å². The minimum absolute atomic E-state index is 0.0118. The van der Waals surface area contributed by atoms with Crippen molar-refractivity contribution in [1.82, 2.24) is 30.2 Å². The number of amides is 4. The summed E-state index contributed by atoms with van der Waals surface area (Å²) in [7, 11) is -2.32. The number of ether oxygens (including phenoxy) is 2. The van der Waals surface area contributed by atoms with Gasteiger partial charge in [0.15, 0.2) is 5.13 Å². The van der Waals surface area contributed by atoms with E-state index in [4.69, 9.17) is 19.4 Å². The van der Waals surface area contributed by atoms with Crippen molar-refractivity contribution in [3.05, 3.63) is 42.3 Å². The van der Waals surface area contributed by atoms with Gasteiger partial charge < -0.3 is 30.3 Å². The monoisotopic (exact) mass is 751 g/mol. The van der Waals surface area contributed by atoms with Crippen molar-refractivity contribution in [1.29, 1.82) is 0 Å². The van der Waals surface area contributed by atoms with Gasteiger partial charge in [-0.15, -0.1) is 17.9 Å². The van der Waals surface area contributed by atoms with E-state index in [1.165, 1.54) is 22.3 Å². The highest BCUT2D eigenvalue weighted by Crippen LogP contribution is 2.45. The number of sulfonamides is 1. The van der Waals surface area contributed by atoms with Gasteiger partial charge in [-0.2, -0.15) is 0 Å². The Kier molecular flexibility index (Phi) is 9.35. The van der Waals surface area contributed by atoms with Gasteiger partial charge in [-0.25, -0.2) is 18.4 Å². The number of pyridine rings is 1. The van der Waals surface area contributed by atoms with Gasteiger partial charge in [-0.3, -0.25) is 23.9 Å². The number of carbonyl (C=O) groups excluding carboxylic acids is 4. The Labute approximate surface area is 305 Å². The normalized spacial score (nSPS) is 25.5. The van der Waals surface area contributed by atoms with Crippen molar-refractivity contribution in [2.75, 3.05) is 19.0 Å². The fourth-order valence-electron chi connectivity index (χ4n) is 6.81. The maximum atomic E-state index is 14.1. The lowest BCUT2D eigenvalue weighted by molar-refractivity contribution is -0.141. The predicted octanol–water partition coefficient (Wildman–Crippen LogP) is 2.48. The standard InChI is InChI=1S/C35H41N7O8S2/c1-5-19-15-35(19,33(46)41-52(47,48)22-7-8-22)40-31(44)28-13-21(16-42(28)32(45)24-10-11-30(43)38-24)50-29-14-26(27-17-51-34(39-27)36-18(2)3)37-25-12-20(49-4)6-9-23(25)29/h5-6,9,12,14,17-19,21-22,24,28H,1,7-8,10-11,13,15-16H2,2-4H3,(H,36,39)(H,38,43)(H,40,44)(H,41,46)/t19-,21-,24+,28+,35-/m1/s1. The zero-order chi connectivity index (χ0) is 36.9. The SMILES string of the molecule is C=C[C@@H]1C[C@]1(NC(=O)[C@@H]1C[C@@H](Oc2cc(-c3csc(NC(C)C)n3)nc3cc(OC)ccc23)CN1C(=O)[C@@H]1CCC(=O)N1)C(=O)NS(=O)(=O)C1CC1. The topological polar surface area (TPSA) is 198 Å². The van der Waals surface area contributed by atoms with Gasteiger partial charge in [0.25, 0.3) is 5.91 Å². The van der Waals surface area contributed by atoms with Gasteiger partial charge >= 0.3 is 0 Å². The summed E-state index contributed by atoms with van der Waals surface area (Å²) in [6.07, 6.45) is 2.44. The molecule has 2 aromatic heterocycles. The molecule has 4 fully saturated rings. The molecule has 2 saturated heterocycles. The largest absolute Gasteiger partial charge is 0.497 e. The van der Waals surface area contributed by atoms with Crippen LogP contribution in [0.5, 0.6) is 11.5 Å². The highest BCUT2D eigenvalue weighted by molar-refractivity contribution is 7.91. The van der Waals surface area contributed by atoms with Gasteiger partial charge in [0.05, 0.1) is 30.1 Å². The highest BCUT2D eigenvalue weighted by Gasteiger charge is 2.62. The number of fused-ring (bicyclic) bond motifs is 1. The molecule has 2 aliphatic carbocycles. The first kappa shape index (κ1) is 35.6. The molecule has 0 unspecified atom stereocenters. The summed E-state index contributed by atoms with van der Waals surface area (Å²) in [6, 6.07) is 5.46. The number of hydrogen-bond donors (Lipinski definition) is 4. The van der Waals surface area contributed by atoms with Crippen LogP contribution in [-0.4, -0.2) is 95.6 Å². The number of nitrogens with zero attached hydrogens (tertiary/aromatic N) is 3. The van der Waals surface area contributed by atoms with E-state index in [0.717, 1.165) is 5.13 Å². The van der Waals surface area contributed by atoms with Gasteiger partial charge in [0, 0.05) is 47.7 Å². The van der Waals surface area contributed by atoms with E-state index in [1.54, 1.807) is 25.3 Å². The van der Waals surface area contributed by atoms with Crippen LogP contribution in [0, 0.1) is 5.92 Å². The van der Waals surface area contributed by atoms with E-state index in [2.05, 4.69) is 27.3 Å². The zero-order valence-corrected chi connectivity index (χ0v) is 30.6. The quantitative estimate of drug-likeness (QED) is 0.187. The molecule has 5 atom stereocenters. The molecule has 4 amide bonds. The summed E-state index contributed by atoms with van der Waals surface area (Å²) < 4.78 is 39.5. The van der Waals surface area contributed by atoms with Gasteiger partial charge in [0.2, 0.25) is 27.7 Å². The predicted molar refractivity (Wildman–Crippen MR) is 193 cm³/mol. The van der Waals surface area contributed by atoms with Crippen LogP contribution in [0.15, 0.2) is 42.3 Å². The molecule has 276 valence electrons. The lowest BCUT2D eigenvalue weighted by atomic mass is 10.1. The molecule has 2 saturated carbocycles. The summed E-state index contributed by atoms with van der Waals surface area (Å²) >= 11 is 1.45. The Balaban J connectivity index is 1.18. The number of anilines is 1. The van der Waals surface area contributed by atoms with Crippen LogP contribution in [0.4, 0.5) is 5.13 Å². The van der Waals surface area contributed by atoms with Crippen LogP contribution in [0.2, 0.25) is 0 Å². The van der Waals surface area contributed by atoms with Crippen molar-refractivity contribution >= 4 is 61.0 Å². The molecule has 1 aromatic carbocycles. The number of likely N-dealkylation sites (tertiary alicyclic amines) is 1. The summed E-state index contributed by atoms with van der Waals surface area (Å²) in [5.74, 6) is -1.62. The molecule has 3 aromatic rings. The van der Waals surface area contributed by atoms with Crippen LogP contribution in [0.3, 0.4) is 0 Å². The number of rotatable bonds is 13.